The Morgan fingerprint density at radius 2 is 1.68 bits per heavy atom. The molecular weight excluding hydrogens is 559 g/mol. The first-order valence-electron chi connectivity index (χ1n) is 11.3. The van der Waals surface area contributed by atoms with Crippen LogP contribution in [0.4, 0.5) is 10.1 Å². The Hall–Kier alpha value is -2.61. The number of anilines is 1. The zero-order chi connectivity index (χ0) is 26.5. The van der Waals surface area contributed by atoms with E-state index in [0.29, 0.717) is 32.3 Å². The highest BCUT2D eigenvalue weighted by molar-refractivity contribution is 6.35. The number of amides is 1. The Balaban J connectivity index is 1.50. The number of nitrogens with zero attached hydrogens (tertiary/aromatic N) is 2. The van der Waals surface area contributed by atoms with Crippen LogP contribution < -0.4 is 9.88 Å². The molecule has 1 heterocycles. The van der Waals surface area contributed by atoms with Crippen molar-refractivity contribution in [3.63, 3.8) is 0 Å². The Morgan fingerprint density at radius 3 is 2.35 bits per heavy atom. The average molecular weight is 582 g/mol. The van der Waals surface area contributed by atoms with Crippen molar-refractivity contribution in [3.05, 3.63) is 116 Å². The molecular formula is C27H23Cl4FN3O2+. The number of hydrogen-bond acceptors (Lipinski definition) is 2. The molecule has 4 rings (SSSR count). The number of carbonyl (C=O) groups excluding carboxylic acids is 1. The van der Waals surface area contributed by atoms with Crippen LogP contribution >= 0.6 is 46.4 Å². The normalized spacial score (nSPS) is 12.8. The summed E-state index contributed by atoms with van der Waals surface area (Å²) < 4.78 is 23.1. The molecule has 192 valence electrons. The van der Waals surface area contributed by atoms with Crippen LogP contribution in [0.15, 0.2) is 79.4 Å². The van der Waals surface area contributed by atoms with E-state index in [1.807, 2.05) is 29.2 Å². The molecule has 0 spiro atoms. The molecule has 2 atom stereocenters. The van der Waals surface area contributed by atoms with E-state index in [1.54, 1.807) is 42.0 Å². The number of benzene rings is 3. The highest BCUT2D eigenvalue weighted by Crippen LogP contribution is 2.31. The van der Waals surface area contributed by atoms with E-state index in [4.69, 9.17) is 51.1 Å². The Bertz CT molecular complexity index is 1390. The van der Waals surface area contributed by atoms with Crippen molar-refractivity contribution in [2.24, 2.45) is 0 Å². The van der Waals surface area contributed by atoms with Gasteiger partial charge in [0, 0.05) is 31.3 Å². The Morgan fingerprint density at radius 1 is 1.00 bits per heavy atom. The molecule has 1 N–H and O–H groups in total. The first-order chi connectivity index (χ1) is 17.7. The first kappa shape index (κ1) is 27.4. The molecule has 37 heavy (non-hydrogen) atoms. The third-order valence-electron chi connectivity index (χ3n) is 5.79. The second kappa shape index (κ2) is 12.3. The lowest BCUT2D eigenvalue weighted by molar-refractivity contribution is -0.705. The molecule has 5 nitrogen and oxygen atoms in total. The minimum absolute atomic E-state index is 0.234. The van der Waals surface area contributed by atoms with Gasteiger partial charge in [0.2, 0.25) is 6.33 Å². The summed E-state index contributed by atoms with van der Waals surface area (Å²) in [6.07, 6.45) is 5.01. The van der Waals surface area contributed by atoms with E-state index < -0.39 is 12.1 Å². The van der Waals surface area contributed by atoms with Crippen LogP contribution in [0.25, 0.3) is 0 Å². The summed E-state index contributed by atoms with van der Waals surface area (Å²) in [5.74, 6) is -0.603. The van der Waals surface area contributed by atoms with Crippen molar-refractivity contribution in [2.45, 2.75) is 32.2 Å². The van der Waals surface area contributed by atoms with Crippen molar-refractivity contribution in [2.75, 3.05) is 5.32 Å². The summed E-state index contributed by atoms with van der Waals surface area (Å²) in [4.78, 5) is 12.7. The molecule has 2 unspecified atom stereocenters. The fourth-order valence-corrected chi connectivity index (χ4v) is 4.68. The number of halogens is 5. The molecule has 0 aliphatic rings. The number of rotatable bonds is 9. The topological polar surface area (TPSA) is 47.1 Å². The SMILES string of the molecule is CC(C(=O)Nc1ccc(F)cc1)n1cc[n+](CC(OCc2ccc(Cl)cc2Cl)c2ccc(Cl)cc2Cl)c1. The summed E-state index contributed by atoms with van der Waals surface area (Å²) in [5, 5.41) is 4.84. The minimum Gasteiger partial charge on any atom is -0.365 e. The van der Waals surface area contributed by atoms with Crippen LogP contribution in [-0.2, 0) is 22.7 Å². The van der Waals surface area contributed by atoms with Gasteiger partial charge in [0.1, 0.15) is 30.9 Å². The number of aromatic nitrogens is 2. The predicted octanol–water partition coefficient (Wildman–Crippen LogP) is 7.69. The number of imidazole rings is 1. The van der Waals surface area contributed by atoms with E-state index in [2.05, 4.69) is 5.32 Å². The van der Waals surface area contributed by atoms with Crippen LogP contribution in [0, 0.1) is 5.82 Å². The van der Waals surface area contributed by atoms with E-state index in [-0.39, 0.29) is 18.3 Å². The maximum atomic E-state index is 13.2. The molecule has 3 aromatic carbocycles. The first-order valence-corrected chi connectivity index (χ1v) is 12.8. The van der Waals surface area contributed by atoms with Gasteiger partial charge >= 0.3 is 0 Å². The van der Waals surface area contributed by atoms with Gasteiger partial charge in [0.05, 0.1) is 6.61 Å². The fraction of sp³-hybridized carbons (Fsp3) is 0.185. The highest BCUT2D eigenvalue weighted by Gasteiger charge is 2.24. The van der Waals surface area contributed by atoms with E-state index in [9.17, 15) is 9.18 Å². The van der Waals surface area contributed by atoms with Crippen molar-refractivity contribution in [1.82, 2.24) is 4.57 Å². The third kappa shape index (κ3) is 7.24. The van der Waals surface area contributed by atoms with Gasteiger partial charge < -0.3 is 10.1 Å². The lowest BCUT2D eigenvalue weighted by atomic mass is 10.1. The predicted molar refractivity (Wildman–Crippen MR) is 145 cm³/mol. The number of hydrogen-bond donors (Lipinski definition) is 1. The molecule has 0 fully saturated rings. The van der Waals surface area contributed by atoms with Crippen molar-refractivity contribution >= 4 is 58.0 Å². The summed E-state index contributed by atoms with van der Waals surface area (Å²) in [5.41, 5.74) is 2.07. The Labute approximate surface area is 234 Å². The number of carbonyl (C=O) groups is 1. The van der Waals surface area contributed by atoms with Crippen LogP contribution in [0.1, 0.15) is 30.2 Å². The van der Waals surface area contributed by atoms with Crippen molar-refractivity contribution < 1.29 is 18.5 Å². The van der Waals surface area contributed by atoms with Gasteiger partial charge in [0.25, 0.3) is 5.91 Å². The maximum Gasteiger partial charge on any atom is 0.269 e. The average Bonchev–Trinajstić information content (AvgIpc) is 3.32. The zero-order valence-electron chi connectivity index (χ0n) is 19.7. The lowest BCUT2D eigenvalue weighted by Crippen LogP contribution is -2.36. The van der Waals surface area contributed by atoms with Gasteiger partial charge in [-0.05, 0) is 61.0 Å². The smallest absolute Gasteiger partial charge is 0.269 e. The van der Waals surface area contributed by atoms with Gasteiger partial charge in [-0.25, -0.2) is 13.5 Å². The molecule has 0 saturated heterocycles. The minimum atomic E-state index is -0.516. The van der Waals surface area contributed by atoms with Crippen molar-refractivity contribution in [3.8, 4) is 0 Å². The van der Waals surface area contributed by atoms with E-state index in [0.717, 1.165) is 11.1 Å². The molecule has 0 saturated carbocycles. The van der Waals surface area contributed by atoms with Crippen LogP contribution in [0.5, 0.6) is 0 Å². The van der Waals surface area contributed by atoms with Crippen LogP contribution in [0.2, 0.25) is 20.1 Å². The second-order valence-electron chi connectivity index (χ2n) is 8.43. The monoisotopic (exact) mass is 580 g/mol. The molecule has 0 aliphatic heterocycles. The maximum absolute atomic E-state index is 13.2. The third-order valence-corrected chi connectivity index (χ3v) is 6.94. The van der Waals surface area contributed by atoms with Crippen LogP contribution in [0.3, 0.4) is 0 Å². The quantitative estimate of drug-likeness (QED) is 0.206. The zero-order valence-corrected chi connectivity index (χ0v) is 22.7. The summed E-state index contributed by atoms with van der Waals surface area (Å²) >= 11 is 25.0. The van der Waals surface area contributed by atoms with Crippen LogP contribution in [-0.4, -0.2) is 10.5 Å². The number of ether oxygens (including phenoxy) is 1. The molecule has 0 bridgehead atoms. The molecule has 4 aromatic rings. The molecule has 0 aliphatic carbocycles. The van der Waals surface area contributed by atoms with E-state index >= 15 is 0 Å². The fourth-order valence-electron chi connectivity index (χ4n) is 3.69. The number of nitrogens with one attached hydrogen (secondary N) is 1. The highest BCUT2D eigenvalue weighted by atomic mass is 35.5. The second-order valence-corrected chi connectivity index (χ2v) is 10.1. The molecule has 1 amide bonds. The lowest BCUT2D eigenvalue weighted by Gasteiger charge is -2.19. The molecule has 0 radical (unpaired) electrons. The summed E-state index contributed by atoms with van der Waals surface area (Å²) in [6, 6.07) is 15.6. The van der Waals surface area contributed by atoms with Gasteiger partial charge in [-0.15, -0.1) is 0 Å². The molecule has 1 aromatic heterocycles. The largest absolute Gasteiger partial charge is 0.365 e. The Kier molecular flexibility index (Phi) is 9.11. The van der Waals surface area contributed by atoms with E-state index in [1.165, 1.54) is 24.3 Å². The van der Waals surface area contributed by atoms with Gasteiger partial charge in [-0.3, -0.25) is 4.79 Å². The summed E-state index contributed by atoms with van der Waals surface area (Å²) in [7, 11) is 0. The van der Waals surface area contributed by atoms with Gasteiger partial charge in [-0.1, -0.05) is 58.5 Å². The van der Waals surface area contributed by atoms with Gasteiger partial charge in [-0.2, -0.15) is 0 Å². The van der Waals surface area contributed by atoms with Crippen molar-refractivity contribution in [1.29, 1.82) is 0 Å². The summed E-state index contributed by atoms with van der Waals surface area (Å²) in [6.45, 7) is 2.42. The standard InChI is InChI=1S/C27H22Cl4FN3O2/c1-17(27(36)33-22-7-5-21(32)6-8-22)35-11-10-34(16-35)14-26(23-9-4-20(29)13-25(23)31)37-15-18-2-3-19(28)12-24(18)30/h2-13,16-17,26H,14-15H2,1H3/p+1. The molecule has 10 heteroatoms. The van der Waals surface area contributed by atoms with Gasteiger partial charge in [0.15, 0.2) is 6.04 Å².